The number of hydrogen-bond acceptors (Lipinski definition) is 5. The van der Waals surface area contributed by atoms with Crippen molar-refractivity contribution in [1.82, 2.24) is 9.80 Å². The number of rotatable bonds is 5. The van der Waals surface area contributed by atoms with Crippen molar-refractivity contribution in [2.24, 2.45) is 0 Å². The van der Waals surface area contributed by atoms with Gasteiger partial charge in [0.05, 0.1) is 25.3 Å². The number of nitrogens with zero attached hydrogens (tertiary/aromatic N) is 2. The van der Waals surface area contributed by atoms with Gasteiger partial charge in [0.25, 0.3) is 17.6 Å². The first-order chi connectivity index (χ1) is 16.8. The minimum absolute atomic E-state index is 0.0276. The zero-order valence-corrected chi connectivity index (χ0v) is 19.0. The second-order valence-electron chi connectivity index (χ2n) is 7.78. The molecule has 0 aliphatic carbocycles. The molecule has 0 spiro atoms. The lowest BCUT2D eigenvalue weighted by atomic mass is 10.0. The summed E-state index contributed by atoms with van der Waals surface area (Å²) >= 11 is 0. The van der Waals surface area contributed by atoms with Crippen molar-refractivity contribution in [3.8, 4) is 11.5 Å². The Bertz CT molecular complexity index is 1140. The summed E-state index contributed by atoms with van der Waals surface area (Å²) in [6.45, 7) is -0.674. The SMILES string of the molecule is COc1ccc(C(=O)C(=O)N2CCN(C(=O)c3cc(C(F)(F)F)cc(C(F)(F)F)c3)CC2)cc1OC. The molecule has 0 radical (unpaired) electrons. The zero-order valence-electron chi connectivity index (χ0n) is 19.0. The maximum Gasteiger partial charge on any atom is 0.416 e. The molecule has 0 N–H and O–H groups in total. The number of piperazine rings is 1. The van der Waals surface area contributed by atoms with E-state index in [0.717, 1.165) is 9.80 Å². The van der Waals surface area contributed by atoms with E-state index >= 15 is 0 Å². The average Bonchev–Trinajstić information content (AvgIpc) is 2.85. The molecule has 194 valence electrons. The molecule has 1 saturated heterocycles. The van der Waals surface area contributed by atoms with Crippen molar-refractivity contribution in [2.45, 2.75) is 12.4 Å². The molecule has 1 aliphatic rings. The van der Waals surface area contributed by atoms with E-state index in [4.69, 9.17) is 9.47 Å². The van der Waals surface area contributed by atoms with Gasteiger partial charge in [-0.05, 0) is 36.4 Å². The van der Waals surface area contributed by atoms with Gasteiger partial charge in [0.15, 0.2) is 11.5 Å². The highest BCUT2D eigenvalue weighted by molar-refractivity contribution is 6.42. The van der Waals surface area contributed by atoms with Crippen molar-refractivity contribution >= 4 is 17.6 Å². The third-order valence-electron chi connectivity index (χ3n) is 5.53. The summed E-state index contributed by atoms with van der Waals surface area (Å²) in [5.74, 6) is -2.22. The van der Waals surface area contributed by atoms with Gasteiger partial charge in [-0.1, -0.05) is 0 Å². The fourth-order valence-electron chi connectivity index (χ4n) is 3.62. The predicted molar refractivity (Wildman–Crippen MR) is 113 cm³/mol. The van der Waals surface area contributed by atoms with Crippen LogP contribution in [0.15, 0.2) is 36.4 Å². The number of alkyl halides is 6. The highest BCUT2D eigenvalue weighted by atomic mass is 19.4. The van der Waals surface area contributed by atoms with Crippen LogP contribution in [0.2, 0.25) is 0 Å². The van der Waals surface area contributed by atoms with Gasteiger partial charge < -0.3 is 19.3 Å². The number of ether oxygens (including phenoxy) is 2. The molecule has 36 heavy (non-hydrogen) atoms. The van der Waals surface area contributed by atoms with Gasteiger partial charge in [0, 0.05) is 37.3 Å². The molecule has 2 aromatic carbocycles. The quantitative estimate of drug-likeness (QED) is 0.341. The molecule has 0 aromatic heterocycles. The monoisotopic (exact) mass is 518 g/mol. The Morgan fingerprint density at radius 3 is 1.67 bits per heavy atom. The fraction of sp³-hybridized carbons (Fsp3) is 0.348. The second-order valence-corrected chi connectivity index (χ2v) is 7.78. The Hall–Kier alpha value is -3.77. The lowest BCUT2D eigenvalue weighted by molar-refractivity contribution is -0.143. The number of Topliss-reactive ketones (excluding diaryl/α,β-unsaturated/α-hetero) is 1. The summed E-state index contributed by atoms with van der Waals surface area (Å²) in [6.07, 6.45) is -10.2. The van der Waals surface area contributed by atoms with Gasteiger partial charge in [0.2, 0.25) is 0 Å². The number of hydrogen-bond donors (Lipinski definition) is 0. The highest BCUT2D eigenvalue weighted by Gasteiger charge is 2.38. The van der Waals surface area contributed by atoms with Crippen LogP contribution >= 0.6 is 0 Å². The third-order valence-corrected chi connectivity index (χ3v) is 5.53. The lowest BCUT2D eigenvalue weighted by Gasteiger charge is -2.34. The zero-order chi connectivity index (χ0) is 26.8. The molecule has 2 amide bonds. The summed E-state index contributed by atoms with van der Waals surface area (Å²) in [7, 11) is 2.75. The van der Waals surface area contributed by atoms with Crippen molar-refractivity contribution < 1.29 is 50.2 Å². The third kappa shape index (κ3) is 5.71. The molecular weight excluding hydrogens is 498 g/mol. The minimum atomic E-state index is -5.09. The normalized spacial score (nSPS) is 14.4. The Labute approximate surface area is 201 Å². The molecule has 7 nitrogen and oxygen atoms in total. The maximum atomic E-state index is 13.1. The average molecular weight is 518 g/mol. The van der Waals surface area contributed by atoms with Gasteiger partial charge >= 0.3 is 12.4 Å². The van der Waals surface area contributed by atoms with Gasteiger partial charge in [-0.25, -0.2) is 0 Å². The Kier molecular flexibility index (Phi) is 7.51. The first kappa shape index (κ1) is 26.8. The molecule has 2 aromatic rings. The van der Waals surface area contributed by atoms with E-state index in [1.807, 2.05) is 0 Å². The molecule has 0 bridgehead atoms. The number of carbonyl (C=O) groups excluding carboxylic acids is 3. The molecule has 1 aliphatic heterocycles. The van der Waals surface area contributed by atoms with E-state index in [1.165, 1.54) is 32.4 Å². The fourth-order valence-corrected chi connectivity index (χ4v) is 3.62. The molecule has 1 fully saturated rings. The topological polar surface area (TPSA) is 76.2 Å². The Morgan fingerprint density at radius 2 is 1.19 bits per heavy atom. The minimum Gasteiger partial charge on any atom is -0.493 e. The van der Waals surface area contributed by atoms with Crippen LogP contribution in [-0.4, -0.2) is 67.8 Å². The first-order valence-electron chi connectivity index (χ1n) is 10.4. The van der Waals surface area contributed by atoms with E-state index in [9.17, 15) is 40.7 Å². The van der Waals surface area contributed by atoms with Crippen LogP contribution in [0.1, 0.15) is 31.8 Å². The second kappa shape index (κ2) is 10.1. The van der Waals surface area contributed by atoms with E-state index in [2.05, 4.69) is 0 Å². The molecule has 0 saturated carbocycles. The van der Waals surface area contributed by atoms with E-state index in [0.29, 0.717) is 17.9 Å². The van der Waals surface area contributed by atoms with Gasteiger partial charge in [0.1, 0.15) is 0 Å². The maximum absolute atomic E-state index is 13.1. The largest absolute Gasteiger partial charge is 0.493 e. The van der Waals surface area contributed by atoms with Gasteiger partial charge in [-0.15, -0.1) is 0 Å². The van der Waals surface area contributed by atoms with E-state index < -0.39 is 46.6 Å². The van der Waals surface area contributed by atoms with Crippen LogP contribution in [0, 0.1) is 0 Å². The van der Waals surface area contributed by atoms with Gasteiger partial charge in [-0.2, -0.15) is 26.3 Å². The lowest BCUT2D eigenvalue weighted by Crippen LogP contribution is -2.52. The smallest absolute Gasteiger partial charge is 0.416 e. The highest BCUT2D eigenvalue weighted by Crippen LogP contribution is 2.36. The standard InChI is InChI=1S/C23H20F6N2O5/c1-35-17-4-3-13(11-18(17)36-2)19(32)21(34)31-7-5-30(6-8-31)20(33)14-9-15(22(24,25)26)12-16(10-14)23(27,28)29/h3-4,9-12H,5-8H2,1-2H3. The molecule has 3 rings (SSSR count). The number of carbonyl (C=O) groups is 3. The first-order valence-corrected chi connectivity index (χ1v) is 10.4. The van der Waals surface area contributed by atoms with Crippen molar-refractivity contribution in [3.63, 3.8) is 0 Å². The van der Waals surface area contributed by atoms with Crippen molar-refractivity contribution in [1.29, 1.82) is 0 Å². The van der Waals surface area contributed by atoms with E-state index in [1.54, 1.807) is 0 Å². The van der Waals surface area contributed by atoms with Crippen LogP contribution in [0.5, 0.6) is 11.5 Å². The van der Waals surface area contributed by atoms with E-state index in [-0.39, 0.29) is 43.6 Å². The number of halogens is 6. The van der Waals surface area contributed by atoms with Gasteiger partial charge in [-0.3, -0.25) is 14.4 Å². The number of benzene rings is 2. The van der Waals surface area contributed by atoms with Crippen LogP contribution < -0.4 is 9.47 Å². The molecule has 0 atom stereocenters. The number of amides is 2. The molecule has 1 heterocycles. The van der Waals surface area contributed by atoms with Crippen LogP contribution in [0.25, 0.3) is 0 Å². The summed E-state index contributed by atoms with van der Waals surface area (Å²) in [6, 6.07) is 4.79. The predicted octanol–water partition coefficient (Wildman–Crippen LogP) is 3.91. The van der Waals surface area contributed by atoms with Crippen molar-refractivity contribution in [3.05, 3.63) is 58.7 Å². The van der Waals surface area contributed by atoms with Crippen molar-refractivity contribution in [2.75, 3.05) is 40.4 Å². The van der Waals surface area contributed by atoms with Crippen LogP contribution in [-0.2, 0) is 17.1 Å². The summed E-state index contributed by atoms with van der Waals surface area (Å²) in [5, 5.41) is 0. The Balaban J connectivity index is 1.73. The Morgan fingerprint density at radius 1 is 0.694 bits per heavy atom. The molecule has 13 heteroatoms. The van der Waals surface area contributed by atoms with Crippen LogP contribution in [0.3, 0.4) is 0 Å². The summed E-state index contributed by atoms with van der Waals surface area (Å²) in [4.78, 5) is 40.2. The summed E-state index contributed by atoms with van der Waals surface area (Å²) in [5.41, 5.74) is -3.96. The number of ketones is 1. The molecular formula is C23H20F6N2O5. The summed E-state index contributed by atoms with van der Waals surface area (Å²) < 4.78 is 88.8. The molecule has 0 unspecified atom stereocenters. The van der Waals surface area contributed by atoms with Crippen LogP contribution in [0.4, 0.5) is 26.3 Å². The number of methoxy groups -OCH3 is 2.